The molecule has 3 aromatic rings. The molecule has 23 heavy (non-hydrogen) atoms. The molecule has 6 nitrogen and oxygen atoms in total. The summed E-state index contributed by atoms with van der Waals surface area (Å²) < 4.78 is 10.3. The molecule has 0 fully saturated rings. The summed E-state index contributed by atoms with van der Waals surface area (Å²) in [6, 6.07) is 15.2. The van der Waals surface area contributed by atoms with Crippen molar-refractivity contribution >= 4 is 12.2 Å². The van der Waals surface area contributed by atoms with E-state index in [0.29, 0.717) is 11.8 Å². The topological polar surface area (TPSA) is 72.4 Å². The summed E-state index contributed by atoms with van der Waals surface area (Å²) in [4.78, 5) is 8.62. The average Bonchev–Trinajstić information content (AvgIpc) is 3.09. The number of aliphatic imine (C=N–C) groups is 1. The molecular weight excluding hydrogens is 292 g/mol. The summed E-state index contributed by atoms with van der Waals surface area (Å²) in [6.07, 6.45) is 1.71. The Kier molecular flexibility index (Phi) is 4.33. The van der Waals surface area contributed by atoms with E-state index in [-0.39, 0.29) is 0 Å². The Morgan fingerprint density at radius 2 is 1.52 bits per heavy atom. The van der Waals surface area contributed by atoms with Crippen molar-refractivity contribution in [3.05, 3.63) is 54.1 Å². The lowest BCUT2D eigenvalue weighted by atomic mass is 10.2. The van der Waals surface area contributed by atoms with Crippen LogP contribution in [-0.2, 0) is 0 Å². The van der Waals surface area contributed by atoms with Crippen LogP contribution in [0.15, 0.2) is 53.5 Å². The van der Waals surface area contributed by atoms with E-state index in [4.69, 9.17) is 9.47 Å². The van der Waals surface area contributed by atoms with Gasteiger partial charge in [-0.3, -0.25) is 5.10 Å². The monoisotopic (exact) mass is 308 g/mol. The Morgan fingerprint density at radius 1 is 0.913 bits per heavy atom. The Morgan fingerprint density at radius 3 is 2.13 bits per heavy atom. The second-order valence-electron chi connectivity index (χ2n) is 4.74. The molecule has 116 valence electrons. The molecule has 0 aliphatic carbocycles. The third kappa shape index (κ3) is 3.55. The van der Waals surface area contributed by atoms with Gasteiger partial charge in [0.25, 0.3) is 5.95 Å². The molecule has 0 bridgehead atoms. The quantitative estimate of drug-likeness (QED) is 0.734. The normalized spacial score (nSPS) is 10.9. The highest BCUT2D eigenvalue weighted by atomic mass is 16.5. The van der Waals surface area contributed by atoms with Gasteiger partial charge in [0.15, 0.2) is 5.82 Å². The number of nitrogens with one attached hydrogen (secondary N) is 1. The van der Waals surface area contributed by atoms with Gasteiger partial charge in [-0.2, -0.15) is 4.98 Å². The number of benzene rings is 2. The molecule has 1 N–H and O–H groups in total. The first kappa shape index (κ1) is 14.8. The maximum absolute atomic E-state index is 5.14. The summed E-state index contributed by atoms with van der Waals surface area (Å²) >= 11 is 0. The third-order valence-electron chi connectivity index (χ3n) is 3.28. The van der Waals surface area contributed by atoms with Crippen LogP contribution in [0.5, 0.6) is 11.5 Å². The number of hydrogen-bond acceptors (Lipinski definition) is 5. The molecule has 0 aliphatic rings. The molecule has 2 aromatic carbocycles. The zero-order valence-corrected chi connectivity index (χ0v) is 12.9. The number of H-pyrrole nitrogens is 1. The molecule has 0 saturated carbocycles. The zero-order valence-electron chi connectivity index (χ0n) is 12.9. The summed E-state index contributed by atoms with van der Waals surface area (Å²) in [5.74, 6) is 2.65. The highest BCUT2D eigenvalue weighted by Crippen LogP contribution is 2.20. The van der Waals surface area contributed by atoms with Crippen molar-refractivity contribution in [2.75, 3.05) is 14.2 Å². The lowest BCUT2D eigenvalue weighted by molar-refractivity contribution is 0.414. The largest absolute Gasteiger partial charge is 0.497 e. The van der Waals surface area contributed by atoms with Crippen LogP contribution >= 0.6 is 0 Å². The van der Waals surface area contributed by atoms with Crippen LogP contribution in [0, 0.1) is 0 Å². The summed E-state index contributed by atoms with van der Waals surface area (Å²) in [7, 11) is 3.27. The van der Waals surface area contributed by atoms with Gasteiger partial charge in [-0.05, 0) is 54.1 Å². The predicted octanol–water partition coefficient (Wildman–Crippen LogP) is 3.24. The van der Waals surface area contributed by atoms with E-state index >= 15 is 0 Å². The second kappa shape index (κ2) is 6.74. The summed E-state index contributed by atoms with van der Waals surface area (Å²) in [6.45, 7) is 0. The van der Waals surface area contributed by atoms with Gasteiger partial charge in [0, 0.05) is 11.8 Å². The molecular formula is C17H16N4O2. The highest BCUT2D eigenvalue weighted by Gasteiger charge is 2.04. The zero-order chi connectivity index (χ0) is 16.1. The third-order valence-corrected chi connectivity index (χ3v) is 3.28. The number of nitrogens with zero attached hydrogens (tertiary/aromatic N) is 3. The standard InChI is InChI=1S/C17H16N4O2/c1-22-14-7-3-12(4-8-14)11-18-17-19-16(20-21-17)13-5-9-15(23-2)10-6-13/h3-11H,1-2H3,(H,19,20,21)/b18-11+. The van der Waals surface area contributed by atoms with E-state index in [1.807, 2.05) is 48.5 Å². The Hall–Kier alpha value is -3.15. The molecule has 0 radical (unpaired) electrons. The highest BCUT2D eigenvalue weighted by molar-refractivity contribution is 5.81. The van der Waals surface area contributed by atoms with Gasteiger partial charge >= 0.3 is 0 Å². The van der Waals surface area contributed by atoms with Gasteiger partial charge in [-0.15, -0.1) is 5.10 Å². The van der Waals surface area contributed by atoms with Crippen LogP contribution in [0.3, 0.4) is 0 Å². The van der Waals surface area contributed by atoms with Crippen molar-refractivity contribution < 1.29 is 9.47 Å². The first-order chi connectivity index (χ1) is 11.3. The van der Waals surface area contributed by atoms with Gasteiger partial charge in [0.05, 0.1) is 14.2 Å². The van der Waals surface area contributed by atoms with Crippen LogP contribution in [-0.4, -0.2) is 35.6 Å². The van der Waals surface area contributed by atoms with E-state index in [1.165, 1.54) is 0 Å². The molecule has 1 heterocycles. The molecule has 0 aliphatic heterocycles. The number of rotatable bonds is 5. The first-order valence-electron chi connectivity index (χ1n) is 7.03. The Labute approximate surface area is 133 Å². The fraction of sp³-hybridized carbons (Fsp3) is 0.118. The van der Waals surface area contributed by atoms with Gasteiger partial charge in [-0.25, -0.2) is 4.99 Å². The van der Waals surface area contributed by atoms with Crippen molar-refractivity contribution in [3.63, 3.8) is 0 Å². The molecule has 0 unspecified atom stereocenters. The average molecular weight is 308 g/mol. The van der Waals surface area contributed by atoms with Crippen molar-refractivity contribution in [1.82, 2.24) is 15.2 Å². The Balaban J connectivity index is 1.74. The predicted molar refractivity (Wildman–Crippen MR) is 88.6 cm³/mol. The molecule has 0 spiro atoms. The second-order valence-corrected chi connectivity index (χ2v) is 4.74. The fourth-order valence-electron chi connectivity index (χ4n) is 2.01. The SMILES string of the molecule is COc1ccc(/C=N/c2n[nH]c(-c3ccc(OC)cc3)n2)cc1. The van der Waals surface area contributed by atoms with Crippen LogP contribution in [0.2, 0.25) is 0 Å². The van der Waals surface area contributed by atoms with Crippen molar-refractivity contribution in [2.45, 2.75) is 0 Å². The maximum atomic E-state index is 5.14. The van der Waals surface area contributed by atoms with Crippen molar-refractivity contribution in [3.8, 4) is 22.9 Å². The van der Waals surface area contributed by atoms with Gasteiger partial charge < -0.3 is 9.47 Å². The minimum absolute atomic E-state index is 0.381. The van der Waals surface area contributed by atoms with Crippen molar-refractivity contribution in [1.29, 1.82) is 0 Å². The van der Waals surface area contributed by atoms with E-state index in [2.05, 4.69) is 20.2 Å². The van der Waals surface area contributed by atoms with E-state index < -0.39 is 0 Å². The maximum Gasteiger partial charge on any atom is 0.268 e. The lowest BCUT2D eigenvalue weighted by Gasteiger charge is -1.99. The van der Waals surface area contributed by atoms with Crippen molar-refractivity contribution in [2.24, 2.45) is 4.99 Å². The van der Waals surface area contributed by atoms with Crippen LogP contribution < -0.4 is 9.47 Å². The number of hydrogen-bond donors (Lipinski definition) is 1. The fourth-order valence-corrected chi connectivity index (χ4v) is 2.01. The number of aromatic nitrogens is 3. The molecule has 0 atom stereocenters. The van der Waals surface area contributed by atoms with Crippen LogP contribution in [0.25, 0.3) is 11.4 Å². The minimum atomic E-state index is 0.381. The lowest BCUT2D eigenvalue weighted by Crippen LogP contribution is -1.84. The van der Waals surface area contributed by atoms with E-state index in [1.54, 1.807) is 20.4 Å². The molecule has 3 rings (SSSR count). The van der Waals surface area contributed by atoms with Crippen LogP contribution in [0.4, 0.5) is 5.95 Å². The smallest absolute Gasteiger partial charge is 0.268 e. The molecule has 1 aromatic heterocycles. The van der Waals surface area contributed by atoms with E-state index in [0.717, 1.165) is 22.6 Å². The Bertz CT molecular complexity index is 792. The summed E-state index contributed by atoms with van der Waals surface area (Å²) in [5.41, 5.74) is 1.87. The summed E-state index contributed by atoms with van der Waals surface area (Å²) in [5, 5.41) is 6.97. The number of ether oxygens (including phenoxy) is 2. The van der Waals surface area contributed by atoms with Gasteiger partial charge in [-0.1, -0.05) is 0 Å². The van der Waals surface area contributed by atoms with Crippen LogP contribution in [0.1, 0.15) is 5.56 Å². The van der Waals surface area contributed by atoms with Gasteiger partial charge in [0.1, 0.15) is 11.5 Å². The number of aromatic amines is 1. The van der Waals surface area contributed by atoms with E-state index in [9.17, 15) is 0 Å². The minimum Gasteiger partial charge on any atom is -0.497 e. The molecule has 0 saturated heterocycles. The first-order valence-corrected chi connectivity index (χ1v) is 7.03. The molecule has 0 amide bonds. The molecule has 6 heteroatoms. The number of methoxy groups -OCH3 is 2. The van der Waals surface area contributed by atoms with Gasteiger partial charge in [0.2, 0.25) is 0 Å².